The fraction of sp³-hybridized carbons (Fsp3) is 0.667. The second-order valence-corrected chi connectivity index (χ2v) is 8.61. The van der Waals surface area contributed by atoms with Gasteiger partial charge in [0, 0.05) is 23.5 Å². The summed E-state index contributed by atoms with van der Waals surface area (Å²) in [5.74, 6) is -0.0208. The molecule has 24 heavy (non-hydrogen) atoms. The highest BCUT2D eigenvalue weighted by Gasteiger charge is 2.38. The molecule has 1 heterocycles. The van der Waals surface area contributed by atoms with Crippen LogP contribution in [0.1, 0.15) is 52.2 Å². The van der Waals surface area contributed by atoms with Crippen molar-refractivity contribution in [2.45, 2.75) is 57.0 Å². The van der Waals surface area contributed by atoms with E-state index in [0.29, 0.717) is 12.0 Å². The highest BCUT2D eigenvalue weighted by Crippen LogP contribution is 2.34. The van der Waals surface area contributed by atoms with Crippen molar-refractivity contribution in [3.05, 3.63) is 21.4 Å². The molecule has 2 N–H and O–H groups in total. The number of thiophene rings is 1. The summed E-state index contributed by atoms with van der Waals surface area (Å²) in [5.41, 5.74) is 1.36. The van der Waals surface area contributed by atoms with Crippen molar-refractivity contribution in [1.82, 2.24) is 10.2 Å². The first-order chi connectivity index (χ1) is 11.6. The molecule has 3 aliphatic rings. The number of hydrogen-bond donors (Lipinski definition) is 2. The van der Waals surface area contributed by atoms with Gasteiger partial charge in [0.25, 0.3) is 5.91 Å². The van der Waals surface area contributed by atoms with Gasteiger partial charge in [0.05, 0.1) is 11.4 Å². The zero-order valence-corrected chi connectivity index (χ0v) is 14.6. The van der Waals surface area contributed by atoms with Crippen LogP contribution in [0.4, 0.5) is 0 Å². The minimum atomic E-state index is -0.753. The molecule has 0 spiro atoms. The summed E-state index contributed by atoms with van der Waals surface area (Å²) in [6.07, 6.45) is 7.64. The maximum atomic E-state index is 12.4. The molecule has 0 unspecified atom stereocenters. The number of carboxylic acids is 1. The first kappa shape index (κ1) is 16.1. The van der Waals surface area contributed by atoms with Crippen LogP contribution >= 0.6 is 11.3 Å². The number of carboxylic acid groups (broad SMARTS) is 1. The smallest absolute Gasteiger partial charge is 0.317 e. The Morgan fingerprint density at radius 2 is 2.08 bits per heavy atom. The molecule has 0 aromatic carbocycles. The van der Waals surface area contributed by atoms with E-state index in [9.17, 15) is 9.59 Å². The van der Waals surface area contributed by atoms with Gasteiger partial charge < -0.3 is 10.4 Å². The van der Waals surface area contributed by atoms with Crippen molar-refractivity contribution in [3.8, 4) is 0 Å². The predicted molar refractivity (Wildman–Crippen MR) is 92.6 cm³/mol. The minimum Gasteiger partial charge on any atom is -0.480 e. The van der Waals surface area contributed by atoms with Gasteiger partial charge in [-0.2, -0.15) is 0 Å². The topological polar surface area (TPSA) is 69.6 Å². The van der Waals surface area contributed by atoms with Crippen LogP contribution in [0.2, 0.25) is 0 Å². The van der Waals surface area contributed by atoms with E-state index in [2.05, 4.69) is 16.3 Å². The lowest BCUT2D eigenvalue weighted by atomic mass is 9.85. The van der Waals surface area contributed by atoms with Gasteiger partial charge in [-0.3, -0.25) is 14.5 Å². The van der Waals surface area contributed by atoms with Crippen LogP contribution in [0.3, 0.4) is 0 Å². The Morgan fingerprint density at radius 1 is 1.29 bits per heavy atom. The Kier molecular flexibility index (Phi) is 4.35. The van der Waals surface area contributed by atoms with E-state index in [1.165, 1.54) is 29.7 Å². The van der Waals surface area contributed by atoms with Crippen molar-refractivity contribution < 1.29 is 14.7 Å². The number of hydrogen-bond acceptors (Lipinski definition) is 4. The third-order valence-electron chi connectivity index (χ3n) is 5.46. The number of nitrogens with one attached hydrogen (secondary N) is 1. The van der Waals surface area contributed by atoms with Crippen LogP contribution in [-0.4, -0.2) is 47.1 Å². The minimum absolute atomic E-state index is 0.0461. The van der Waals surface area contributed by atoms with Gasteiger partial charge >= 0.3 is 5.97 Å². The molecule has 5 nitrogen and oxygen atoms in total. The fourth-order valence-electron chi connectivity index (χ4n) is 3.85. The van der Waals surface area contributed by atoms with Gasteiger partial charge in [0.2, 0.25) is 0 Å². The average molecular weight is 348 g/mol. The highest BCUT2D eigenvalue weighted by atomic mass is 32.1. The molecule has 1 aromatic heterocycles. The van der Waals surface area contributed by atoms with E-state index >= 15 is 0 Å². The van der Waals surface area contributed by atoms with Crippen molar-refractivity contribution in [3.63, 3.8) is 0 Å². The molecule has 1 aromatic rings. The van der Waals surface area contributed by atoms with E-state index in [1.54, 1.807) is 11.3 Å². The molecule has 4 rings (SSSR count). The molecule has 2 fully saturated rings. The first-order valence-corrected chi connectivity index (χ1v) is 9.78. The summed E-state index contributed by atoms with van der Waals surface area (Å²) in [6, 6.07) is 2.55. The Labute approximate surface area is 146 Å². The SMILES string of the molecule is O=C(O)CN(CC1CC1)C1CC(NC(=O)c2cc3c(s2)CCC3)C1. The number of carbonyl (C=O) groups excluding carboxylic acids is 1. The van der Waals surface area contributed by atoms with Gasteiger partial charge in [-0.25, -0.2) is 0 Å². The van der Waals surface area contributed by atoms with E-state index in [-0.39, 0.29) is 18.5 Å². The monoisotopic (exact) mass is 348 g/mol. The number of aryl methyl sites for hydroxylation is 2. The number of fused-ring (bicyclic) bond motifs is 1. The zero-order chi connectivity index (χ0) is 16.7. The summed E-state index contributed by atoms with van der Waals surface area (Å²) in [6.45, 7) is 1.02. The lowest BCUT2D eigenvalue weighted by Gasteiger charge is -2.42. The van der Waals surface area contributed by atoms with Gasteiger partial charge in [-0.15, -0.1) is 11.3 Å². The molecule has 3 aliphatic carbocycles. The third-order valence-corrected chi connectivity index (χ3v) is 6.70. The quantitative estimate of drug-likeness (QED) is 0.793. The standard InChI is InChI=1S/C18H24N2O3S/c21-17(22)10-20(9-11-4-5-11)14-7-13(8-14)19-18(23)16-6-12-2-1-3-15(12)24-16/h6,11,13-14H,1-5,7-10H2,(H,19,23)(H,21,22). The second-order valence-electron chi connectivity index (χ2n) is 7.47. The molecule has 1 amide bonds. The number of rotatable bonds is 7. The lowest BCUT2D eigenvalue weighted by Crippen LogP contribution is -2.55. The molecule has 2 saturated carbocycles. The molecule has 0 bridgehead atoms. The number of amides is 1. The lowest BCUT2D eigenvalue weighted by molar-refractivity contribution is -0.139. The van der Waals surface area contributed by atoms with Crippen molar-refractivity contribution >= 4 is 23.2 Å². The van der Waals surface area contributed by atoms with Crippen LogP contribution in [0, 0.1) is 5.92 Å². The summed E-state index contributed by atoms with van der Waals surface area (Å²) in [4.78, 5) is 27.8. The molecule has 130 valence electrons. The second kappa shape index (κ2) is 6.48. The zero-order valence-electron chi connectivity index (χ0n) is 13.8. The first-order valence-electron chi connectivity index (χ1n) is 8.97. The number of carbonyl (C=O) groups is 2. The summed E-state index contributed by atoms with van der Waals surface area (Å²) in [5, 5.41) is 12.2. The molecule has 0 saturated heterocycles. The van der Waals surface area contributed by atoms with Crippen LogP contribution in [0.15, 0.2) is 6.07 Å². The largest absolute Gasteiger partial charge is 0.480 e. The Balaban J connectivity index is 1.28. The van der Waals surface area contributed by atoms with E-state index < -0.39 is 5.97 Å². The van der Waals surface area contributed by atoms with Crippen molar-refractivity contribution in [2.75, 3.05) is 13.1 Å². The average Bonchev–Trinajstić information content (AvgIpc) is 3.03. The Morgan fingerprint density at radius 3 is 2.75 bits per heavy atom. The van der Waals surface area contributed by atoms with E-state index in [4.69, 9.17) is 5.11 Å². The van der Waals surface area contributed by atoms with Crippen LogP contribution in [0.25, 0.3) is 0 Å². The normalized spacial score (nSPS) is 25.4. The van der Waals surface area contributed by atoms with Crippen molar-refractivity contribution in [2.24, 2.45) is 5.92 Å². The van der Waals surface area contributed by atoms with Crippen LogP contribution in [-0.2, 0) is 17.6 Å². The van der Waals surface area contributed by atoms with Crippen LogP contribution in [0.5, 0.6) is 0 Å². The van der Waals surface area contributed by atoms with Crippen LogP contribution < -0.4 is 5.32 Å². The third kappa shape index (κ3) is 3.49. The molecule has 0 aliphatic heterocycles. The summed E-state index contributed by atoms with van der Waals surface area (Å²) in [7, 11) is 0. The highest BCUT2D eigenvalue weighted by molar-refractivity contribution is 7.14. The summed E-state index contributed by atoms with van der Waals surface area (Å²) >= 11 is 1.64. The van der Waals surface area contributed by atoms with Gasteiger partial charge in [-0.05, 0) is 62.5 Å². The maximum absolute atomic E-state index is 12.4. The molecular formula is C18H24N2O3S. The van der Waals surface area contributed by atoms with Gasteiger partial charge in [0.1, 0.15) is 0 Å². The van der Waals surface area contributed by atoms with E-state index in [0.717, 1.165) is 37.1 Å². The van der Waals surface area contributed by atoms with Gasteiger partial charge in [0.15, 0.2) is 0 Å². The Hall–Kier alpha value is -1.40. The van der Waals surface area contributed by atoms with Crippen molar-refractivity contribution in [1.29, 1.82) is 0 Å². The maximum Gasteiger partial charge on any atom is 0.317 e. The number of aliphatic carboxylic acids is 1. The molecule has 0 radical (unpaired) electrons. The summed E-state index contributed by atoms with van der Waals surface area (Å²) < 4.78 is 0. The van der Waals surface area contributed by atoms with E-state index in [1.807, 2.05) is 0 Å². The molecular weight excluding hydrogens is 324 g/mol. The Bertz CT molecular complexity index is 625. The van der Waals surface area contributed by atoms with Gasteiger partial charge in [-0.1, -0.05) is 0 Å². The predicted octanol–water partition coefficient (Wildman–Crippen LogP) is 2.29. The fourth-order valence-corrected chi connectivity index (χ4v) is 5.01. The molecule has 0 atom stereocenters. The number of nitrogens with zero attached hydrogens (tertiary/aromatic N) is 1. The molecule has 6 heteroatoms.